The van der Waals surface area contributed by atoms with Crippen LogP contribution in [0.5, 0.6) is 0 Å². The summed E-state index contributed by atoms with van der Waals surface area (Å²) in [6, 6.07) is 9.85. The second kappa shape index (κ2) is 3.69. The summed E-state index contributed by atoms with van der Waals surface area (Å²) in [6.45, 7) is 1.97. The van der Waals surface area contributed by atoms with Crippen molar-refractivity contribution in [3.05, 3.63) is 35.9 Å². The fourth-order valence-corrected chi connectivity index (χ4v) is 2.78. The van der Waals surface area contributed by atoms with Crippen LogP contribution in [0.3, 0.4) is 0 Å². The van der Waals surface area contributed by atoms with Crippen LogP contribution < -0.4 is 0 Å². The molecule has 1 heterocycles. The van der Waals surface area contributed by atoms with Crippen molar-refractivity contribution in [3.8, 4) is 0 Å². The Balaban J connectivity index is 2.04. The Bertz CT molecular complexity index is 480. The Morgan fingerprint density at radius 2 is 2.12 bits per heavy atom. The first-order valence-corrected chi connectivity index (χ1v) is 6.06. The van der Waals surface area contributed by atoms with Gasteiger partial charge in [-0.15, -0.1) is 0 Å². The summed E-state index contributed by atoms with van der Waals surface area (Å²) in [4.78, 5) is 17.7. The monoisotopic (exact) mass is 229 g/mol. The lowest BCUT2D eigenvalue weighted by atomic mass is 9.68. The highest BCUT2D eigenvalue weighted by atomic mass is 16.6. The lowest BCUT2D eigenvalue weighted by molar-refractivity contribution is -0.132. The predicted molar refractivity (Wildman–Crippen MR) is 64.8 cm³/mol. The lowest BCUT2D eigenvalue weighted by Gasteiger charge is -2.32. The molecule has 1 aliphatic heterocycles. The molecule has 17 heavy (non-hydrogen) atoms. The SMILES string of the molecule is C[C@]12C(=O)CCC[C@H]1ON=C2c1ccccc1. The van der Waals surface area contributed by atoms with Crippen molar-refractivity contribution in [2.24, 2.45) is 10.6 Å². The molecule has 0 aromatic heterocycles. The number of carbonyl (C=O) groups excluding carboxylic acids is 1. The number of hydrogen-bond acceptors (Lipinski definition) is 3. The smallest absolute Gasteiger partial charge is 0.148 e. The van der Waals surface area contributed by atoms with E-state index in [1.54, 1.807) is 0 Å². The number of nitrogens with zero attached hydrogens (tertiary/aromatic N) is 1. The molecule has 1 fully saturated rings. The molecule has 1 aromatic rings. The largest absolute Gasteiger partial charge is 0.391 e. The van der Waals surface area contributed by atoms with Gasteiger partial charge in [0.05, 0.1) is 0 Å². The first-order valence-electron chi connectivity index (χ1n) is 6.06. The summed E-state index contributed by atoms with van der Waals surface area (Å²) in [5, 5.41) is 4.17. The van der Waals surface area contributed by atoms with Crippen molar-refractivity contribution in [2.45, 2.75) is 32.3 Å². The number of carbonyl (C=O) groups is 1. The molecular formula is C14H15NO2. The van der Waals surface area contributed by atoms with Crippen LogP contribution in [-0.2, 0) is 9.63 Å². The summed E-state index contributed by atoms with van der Waals surface area (Å²) in [5.74, 6) is 0.258. The summed E-state index contributed by atoms with van der Waals surface area (Å²) in [5.41, 5.74) is 1.25. The zero-order valence-corrected chi connectivity index (χ0v) is 9.85. The van der Waals surface area contributed by atoms with E-state index in [0.29, 0.717) is 6.42 Å². The van der Waals surface area contributed by atoms with Crippen molar-refractivity contribution in [3.63, 3.8) is 0 Å². The van der Waals surface area contributed by atoms with Crippen molar-refractivity contribution in [1.82, 2.24) is 0 Å². The van der Waals surface area contributed by atoms with Gasteiger partial charge in [-0.3, -0.25) is 4.79 Å². The summed E-state index contributed by atoms with van der Waals surface area (Å²) in [7, 11) is 0. The molecule has 2 atom stereocenters. The minimum Gasteiger partial charge on any atom is -0.391 e. The van der Waals surface area contributed by atoms with Gasteiger partial charge < -0.3 is 4.84 Å². The molecule has 0 bridgehead atoms. The van der Waals surface area contributed by atoms with Crippen LogP contribution in [0.15, 0.2) is 35.5 Å². The average Bonchev–Trinajstić information content (AvgIpc) is 2.70. The Kier molecular flexibility index (Phi) is 2.28. The molecule has 88 valence electrons. The highest BCUT2D eigenvalue weighted by Crippen LogP contribution is 2.42. The molecule has 3 heteroatoms. The van der Waals surface area contributed by atoms with Crippen molar-refractivity contribution in [1.29, 1.82) is 0 Å². The second-order valence-electron chi connectivity index (χ2n) is 4.92. The van der Waals surface area contributed by atoms with Crippen LogP contribution >= 0.6 is 0 Å². The van der Waals surface area contributed by atoms with E-state index in [2.05, 4.69) is 5.16 Å². The standard InChI is InChI=1S/C14H15NO2/c1-14-11(16)8-5-9-12(14)17-15-13(14)10-6-3-2-4-7-10/h2-4,6-7,12H,5,8-9H2,1H3/t12-,14+/m1/s1. The van der Waals surface area contributed by atoms with E-state index in [-0.39, 0.29) is 11.9 Å². The third-order valence-corrected chi connectivity index (χ3v) is 3.90. The summed E-state index contributed by atoms with van der Waals surface area (Å²) < 4.78 is 0. The van der Waals surface area contributed by atoms with Gasteiger partial charge in [-0.1, -0.05) is 35.5 Å². The molecule has 2 aliphatic rings. The number of rotatable bonds is 1. The van der Waals surface area contributed by atoms with Gasteiger partial charge in [-0.05, 0) is 19.8 Å². The molecular weight excluding hydrogens is 214 g/mol. The van der Waals surface area contributed by atoms with Crippen LogP contribution in [0, 0.1) is 5.41 Å². The maximum absolute atomic E-state index is 12.2. The van der Waals surface area contributed by atoms with E-state index < -0.39 is 5.41 Å². The third kappa shape index (κ3) is 1.42. The lowest BCUT2D eigenvalue weighted by Crippen LogP contribution is -2.46. The highest BCUT2D eigenvalue weighted by Gasteiger charge is 2.53. The van der Waals surface area contributed by atoms with Gasteiger partial charge in [-0.25, -0.2) is 0 Å². The van der Waals surface area contributed by atoms with Crippen molar-refractivity contribution in [2.75, 3.05) is 0 Å². The number of fused-ring (bicyclic) bond motifs is 1. The molecule has 1 aliphatic carbocycles. The first kappa shape index (κ1) is 10.5. The zero-order chi connectivity index (χ0) is 11.9. The molecule has 0 spiro atoms. The van der Waals surface area contributed by atoms with E-state index in [0.717, 1.165) is 24.1 Å². The Hall–Kier alpha value is -1.64. The van der Waals surface area contributed by atoms with Crippen LogP contribution in [0.2, 0.25) is 0 Å². The van der Waals surface area contributed by atoms with Gasteiger partial charge >= 0.3 is 0 Å². The molecule has 1 aromatic carbocycles. The van der Waals surface area contributed by atoms with Crippen LogP contribution in [-0.4, -0.2) is 17.6 Å². The fourth-order valence-electron chi connectivity index (χ4n) is 2.78. The average molecular weight is 229 g/mol. The third-order valence-electron chi connectivity index (χ3n) is 3.90. The number of hydrogen-bond donors (Lipinski definition) is 0. The molecule has 3 nitrogen and oxygen atoms in total. The summed E-state index contributed by atoms with van der Waals surface area (Å²) >= 11 is 0. The zero-order valence-electron chi connectivity index (χ0n) is 9.85. The van der Waals surface area contributed by atoms with Gasteiger partial charge in [0.25, 0.3) is 0 Å². The van der Waals surface area contributed by atoms with Gasteiger partial charge in [0.15, 0.2) is 0 Å². The van der Waals surface area contributed by atoms with Crippen molar-refractivity contribution >= 4 is 11.5 Å². The quantitative estimate of drug-likeness (QED) is 0.742. The van der Waals surface area contributed by atoms with Gasteiger partial charge in [0.2, 0.25) is 0 Å². The van der Waals surface area contributed by atoms with E-state index in [1.165, 1.54) is 0 Å². The topological polar surface area (TPSA) is 38.7 Å². The number of benzene rings is 1. The highest BCUT2D eigenvalue weighted by molar-refractivity contribution is 6.18. The van der Waals surface area contributed by atoms with Crippen LogP contribution in [0.4, 0.5) is 0 Å². The molecule has 0 N–H and O–H groups in total. The Labute approximate surface area is 100 Å². The Morgan fingerprint density at radius 3 is 2.88 bits per heavy atom. The predicted octanol–water partition coefficient (Wildman–Crippen LogP) is 2.55. The van der Waals surface area contributed by atoms with E-state index in [1.807, 2.05) is 37.3 Å². The molecule has 3 rings (SSSR count). The normalized spacial score (nSPS) is 31.7. The van der Waals surface area contributed by atoms with E-state index in [4.69, 9.17) is 4.84 Å². The number of oxime groups is 1. The van der Waals surface area contributed by atoms with Gasteiger partial charge in [0.1, 0.15) is 23.0 Å². The van der Waals surface area contributed by atoms with E-state index >= 15 is 0 Å². The summed E-state index contributed by atoms with van der Waals surface area (Å²) in [6.07, 6.45) is 2.40. The van der Waals surface area contributed by atoms with E-state index in [9.17, 15) is 4.79 Å². The molecule has 0 saturated heterocycles. The molecule has 0 radical (unpaired) electrons. The van der Waals surface area contributed by atoms with Gasteiger partial charge in [-0.2, -0.15) is 0 Å². The maximum Gasteiger partial charge on any atom is 0.148 e. The molecule has 0 unspecified atom stereocenters. The fraction of sp³-hybridized carbons (Fsp3) is 0.429. The molecule has 0 amide bonds. The number of ketones is 1. The second-order valence-corrected chi connectivity index (χ2v) is 4.92. The van der Waals surface area contributed by atoms with Crippen LogP contribution in [0.25, 0.3) is 0 Å². The van der Waals surface area contributed by atoms with Gasteiger partial charge in [0, 0.05) is 12.0 Å². The van der Waals surface area contributed by atoms with Crippen molar-refractivity contribution < 1.29 is 9.63 Å². The maximum atomic E-state index is 12.2. The molecule has 1 saturated carbocycles. The Morgan fingerprint density at radius 1 is 1.35 bits per heavy atom. The minimum absolute atomic E-state index is 0.0704. The number of Topliss-reactive ketones (excluding diaryl/α,β-unsaturated/α-hetero) is 1. The minimum atomic E-state index is -0.542. The first-order chi connectivity index (χ1) is 8.23. The van der Waals surface area contributed by atoms with Crippen LogP contribution in [0.1, 0.15) is 31.7 Å².